The Hall–Kier alpha value is -1.36. The van der Waals surface area contributed by atoms with E-state index in [-0.39, 0.29) is 5.75 Å². The molecule has 0 spiro atoms. The number of benzene rings is 1. The van der Waals surface area contributed by atoms with Crippen LogP contribution in [0.5, 0.6) is 0 Å². The molecular formula is C15H23NO3S. The number of sulfone groups is 1. The van der Waals surface area contributed by atoms with Gasteiger partial charge in [-0.2, -0.15) is 0 Å². The molecule has 0 aliphatic heterocycles. The highest BCUT2D eigenvalue weighted by Crippen LogP contribution is 2.15. The predicted molar refractivity (Wildman–Crippen MR) is 81.1 cm³/mol. The Morgan fingerprint density at radius 1 is 1.20 bits per heavy atom. The Bertz CT molecular complexity index is 564. The van der Waals surface area contributed by atoms with Crippen molar-refractivity contribution in [2.75, 3.05) is 6.54 Å². The lowest BCUT2D eigenvalue weighted by atomic mass is 10.1. The van der Waals surface area contributed by atoms with Crippen LogP contribution < -0.4 is 5.32 Å². The molecule has 1 aromatic carbocycles. The maximum Gasteiger partial charge on any atom is 0.238 e. The van der Waals surface area contributed by atoms with Gasteiger partial charge in [0.15, 0.2) is 9.84 Å². The van der Waals surface area contributed by atoms with Gasteiger partial charge in [-0.1, -0.05) is 38.1 Å². The van der Waals surface area contributed by atoms with Gasteiger partial charge in [-0.15, -0.1) is 0 Å². The van der Waals surface area contributed by atoms with Crippen LogP contribution in [0.2, 0.25) is 0 Å². The molecule has 4 nitrogen and oxygen atoms in total. The first-order chi connectivity index (χ1) is 9.24. The van der Waals surface area contributed by atoms with E-state index in [0.29, 0.717) is 12.5 Å². The maximum absolute atomic E-state index is 12.3. The van der Waals surface area contributed by atoms with Crippen molar-refractivity contribution in [2.24, 2.45) is 5.92 Å². The molecule has 1 rings (SSSR count). The average Bonchev–Trinajstić information content (AvgIpc) is 2.37. The normalized spacial score (nSPS) is 13.2. The topological polar surface area (TPSA) is 63.2 Å². The van der Waals surface area contributed by atoms with Crippen molar-refractivity contribution >= 4 is 15.7 Å². The van der Waals surface area contributed by atoms with Gasteiger partial charge < -0.3 is 5.32 Å². The molecule has 0 saturated carbocycles. The molecule has 0 bridgehead atoms. The summed E-state index contributed by atoms with van der Waals surface area (Å²) in [6, 6.07) is 7.32. The molecule has 112 valence electrons. The molecule has 20 heavy (non-hydrogen) atoms. The van der Waals surface area contributed by atoms with Crippen LogP contribution in [0.25, 0.3) is 0 Å². The summed E-state index contributed by atoms with van der Waals surface area (Å²) in [5, 5.41) is 1.64. The van der Waals surface area contributed by atoms with E-state index in [1.54, 1.807) is 12.1 Å². The molecule has 0 fully saturated rings. The molecule has 0 radical (unpaired) electrons. The molecule has 0 heterocycles. The van der Waals surface area contributed by atoms with Crippen LogP contribution >= 0.6 is 0 Å². The molecule has 5 heteroatoms. The van der Waals surface area contributed by atoms with E-state index in [1.165, 1.54) is 6.92 Å². The van der Waals surface area contributed by atoms with Crippen LogP contribution in [0, 0.1) is 12.8 Å². The monoisotopic (exact) mass is 297 g/mol. The second kappa shape index (κ2) is 6.88. The highest BCUT2D eigenvalue weighted by atomic mass is 32.2. The summed E-state index contributed by atoms with van der Waals surface area (Å²) in [7, 11) is -3.50. The van der Waals surface area contributed by atoms with Crippen molar-refractivity contribution in [1.82, 2.24) is 5.32 Å². The van der Waals surface area contributed by atoms with Crippen molar-refractivity contribution in [1.29, 1.82) is 0 Å². The number of rotatable bonds is 6. The SMILES string of the molecule is Cc1ccccc1CS(=O)(=O)[C@@H](C)C(=O)NCC(C)C. The van der Waals surface area contributed by atoms with E-state index in [2.05, 4.69) is 5.32 Å². The first-order valence-corrected chi connectivity index (χ1v) is 8.49. The van der Waals surface area contributed by atoms with Crippen LogP contribution in [-0.4, -0.2) is 26.1 Å². The number of carbonyl (C=O) groups excluding carboxylic acids is 1. The van der Waals surface area contributed by atoms with Gasteiger partial charge in [-0.05, 0) is 30.9 Å². The Labute approximate surface area is 121 Å². The number of hydrogen-bond donors (Lipinski definition) is 1. The number of carbonyl (C=O) groups is 1. The summed E-state index contributed by atoms with van der Waals surface area (Å²) in [6.07, 6.45) is 0. The second-order valence-corrected chi connectivity index (χ2v) is 7.84. The standard InChI is InChI=1S/C15H23NO3S/c1-11(2)9-16-15(17)13(4)20(18,19)10-14-8-6-5-7-12(14)3/h5-8,11,13H,9-10H2,1-4H3,(H,16,17)/t13-/m0/s1. The van der Waals surface area contributed by atoms with Crippen molar-refractivity contribution in [3.63, 3.8) is 0 Å². The second-order valence-electron chi connectivity index (χ2n) is 5.51. The summed E-state index contributed by atoms with van der Waals surface area (Å²) in [5.41, 5.74) is 1.67. The van der Waals surface area contributed by atoms with Crippen LogP contribution in [0.4, 0.5) is 0 Å². The molecule has 1 amide bonds. The fourth-order valence-electron chi connectivity index (χ4n) is 1.73. The van der Waals surface area contributed by atoms with Gasteiger partial charge in [0, 0.05) is 6.54 Å². The molecule has 1 aromatic rings. The summed E-state index contributed by atoms with van der Waals surface area (Å²) in [5.74, 6) is -0.229. The fraction of sp³-hybridized carbons (Fsp3) is 0.533. The highest BCUT2D eigenvalue weighted by molar-refractivity contribution is 7.92. The van der Waals surface area contributed by atoms with E-state index in [9.17, 15) is 13.2 Å². The van der Waals surface area contributed by atoms with Crippen LogP contribution in [0.3, 0.4) is 0 Å². The Morgan fingerprint density at radius 3 is 2.35 bits per heavy atom. The summed E-state index contributed by atoms with van der Waals surface area (Å²) < 4.78 is 24.6. The van der Waals surface area contributed by atoms with Crippen molar-refractivity contribution in [3.8, 4) is 0 Å². The fourth-order valence-corrected chi connectivity index (χ4v) is 3.14. The van der Waals surface area contributed by atoms with Gasteiger partial charge in [0.25, 0.3) is 0 Å². The third-order valence-corrected chi connectivity index (χ3v) is 5.22. The van der Waals surface area contributed by atoms with Crippen LogP contribution in [0.1, 0.15) is 31.9 Å². The van der Waals surface area contributed by atoms with Crippen molar-refractivity contribution in [2.45, 2.75) is 38.7 Å². The number of hydrogen-bond acceptors (Lipinski definition) is 3. The summed E-state index contributed by atoms with van der Waals surface area (Å²) >= 11 is 0. The average molecular weight is 297 g/mol. The third kappa shape index (κ3) is 4.63. The van der Waals surface area contributed by atoms with Crippen LogP contribution in [-0.2, 0) is 20.4 Å². The molecular weight excluding hydrogens is 274 g/mol. The zero-order valence-electron chi connectivity index (χ0n) is 12.5. The minimum absolute atomic E-state index is 0.101. The van der Waals surface area contributed by atoms with Crippen molar-refractivity contribution < 1.29 is 13.2 Å². The minimum atomic E-state index is -3.50. The Kier molecular flexibility index (Phi) is 5.74. The minimum Gasteiger partial charge on any atom is -0.355 e. The first kappa shape index (κ1) is 16.7. The zero-order chi connectivity index (χ0) is 15.3. The van der Waals surface area contributed by atoms with E-state index < -0.39 is 21.0 Å². The van der Waals surface area contributed by atoms with Gasteiger partial charge >= 0.3 is 0 Å². The van der Waals surface area contributed by atoms with E-state index in [1.807, 2.05) is 32.9 Å². The van der Waals surface area contributed by atoms with Gasteiger partial charge in [0.2, 0.25) is 5.91 Å². The molecule has 1 atom stereocenters. The molecule has 0 aliphatic rings. The summed E-state index contributed by atoms with van der Waals surface area (Å²) in [4.78, 5) is 11.9. The molecule has 0 unspecified atom stereocenters. The van der Waals surface area contributed by atoms with Gasteiger partial charge in [0.05, 0.1) is 5.75 Å². The smallest absolute Gasteiger partial charge is 0.238 e. The third-order valence-electron chi connectivity index (χ3n) is 3.21. The predicted octanol–water partition coefficient (Wildman–Crippen LogP) is 2.07. The molecule has 0 aliphatic carbocycles. The maximum atomic E-state index is 12.3. The van der Waals surface area contributed by atoms with Crippen molar-refractivity contribution in [3.05, 3.63) is 35.4 Å². The van der Waals surface area contributed by atoms with Gasteiger partial charge in [0.1, 0.15) is 5.25 Å². The lowest BCUT2D eigenvalue weighted by Gasteiger charge is -2.15. The lowest BCUT2D eigenvalue weighted by molar-refractivity contribution is -0.120. The van der Waals surface area contributed by atoms with E-state index in [4.69, 9.17) is 0 Å². The quantitative estimate of drug-likeness (QED) is 0.874. The Balaban J connectivity index is 2.78. The molecule has 0 saturated heterocycles. The Morgan fingerprint density at radius 2 is 1.80 bits per heavy atom. The first-order valence-electron chi connectivity index (χ1n) is 6.78. The lowest BCUT2D eigenvalue weighted by Crippen LogP contribution is -2.40. The molecule has 1 N–H and O–H groups in total. The van der Waals surface area contributed by atoms with Crippen LogP contribution in [0.15, 0.2) is 24.3 Å². The molecule has 0 aromatic heterocycles. The summed E-state index contributed by atoms with van der Waals surface area (Å²) in [6.45, 7) is 7.74. The number of amides is 1. The number of nitrogens with one attached hydrogen (secondary N) is 1. The van der Waals surface area contributed by atoms with E-state index in [0.717, 1.165) is 11.1 Å². The number of aryl methyl sites for hydroxylation is 1. The van der Waals surface area contributed by atoms with Gasteiger partial charge in [-0.3, -0.25) is 4.79 Å². The zero-order valence-corrected chi connectivity index (χ0v) is 13.3. The largest absolute Gasteiger partial charge is 0.355 e. The highest BCUT2D eigenvalue weighted by Gasteiger charge is 2.28. The van der Waals surface area contributed by atoms with Gasteiger partial charge in [-0.25, -0.2) is 8.42 Å². The van der Waals surface area contributed by atoms with E-state index >= 15 is 0 Å².